The summed E-state index contributed by atoms with van der Waals surface area (Å²) in [6, 6.07) is 7.41. The molecule has 0 radical (unpaired) electrons. The fourth-order valence-electron chi connectivity index (χ4n) is 1.16. The minimum Gasteiger partial charge on any atom is -0.497 e. The third-order valence-corrected chi connectivity index (χ3v) is 1.91. The van der Waals surface area contributed by atoms with Gasteiger partial charge in [0.1, 0.15) is 18.1 Å². The van der Waals surface area contributed by atoms with Crippen molar-refractivity contribution >= 4 is 0 Å². The largest absolute Gasteiger partial charge is 0.497 e. The molecule has 0 atom stereocenters. The van der Waals surface area contributed by atoms with E-state index in [-0.39, 0.29) is 0 Å². The predicted octanol–water partition coefficient (Wildman–Crippen LogP) is 2.26. The van der Waals surface area contributed by atoms with E-state index in [2.05, 4.69) is 4.98 Å². The highest BCUT2D eigenvalue weighted by atomic mass is 16.5. The van der Waals surface area contributed by atoms with Gasteiger partial charge in [0.15, 0.2) is 12.2 Å². The average molecular weight is 205 g/mol. The lowest BCUT2D eigenvalue weighted by Gasteiger charge is -2.05. The number of methoxy groups -OCH3 is 1. The molecule has 78 valence electrons. The lowest BCUT2D eigenvalue weighted by molar-refractivity contribution is 0.269. The monoisotopic (exact) mass is 205 g/mol. The van der Waals surface area contributed by atoms with Crippen molar-refractivity contribution in [2.45, 2.75) is 6.61 Å². The van der Waals surface area contributed by atoms with Crippen LogP contribution in [0.2, 0.25) is 0 Å². The Bertz CT molecular complexity index is 412. The van der Waals surface area contributed by atoms with Crippen LogP contribution >= 0.6 is 0 Å². The SMILES string of the molecule is COc1cccc(OCc2cnco2)c1. The van der Waals surface area contributed by atoms with Gasteiger partial charge in [0, 0.05) is 6.07 Å². The fourth-order valence-corrected chi connectivity index (χ4v) is 1.16. The van der Waals surface area contributed by atoms with Crippen molar-refractivity contribution in [3.8, 4) is 11.5 Å². The van der Waals surface area contributed by atoms with Crippen LogP contribution in [0.3, 0.4) is 0 Å². The summed E-state index contributed by atoms with van der Waals surface area (Å²) in [6.45, 7) is 0.368. The van der Waals surface area contributed by atoms with Crippen molar-refractivity contribution in [1.29, 1.82) is 0 Å². The molecule has 0 aliphatic heterocycles. The summed E-state index contributed by atoms with van der Waals surface area (Å²) in [5.74, 6) is 2.20. The van der Waals surface area contributed by atoms with Gasteiger partial charge < -0.3 is 13.9 Å². The summed E-state index contributed by atoms with van der Waals surface area (Å²) in [7, 11) is 1.62. The van der Waals surface area contributed by atoms with Crippen LogP contribution in [0.4, 0.5) is 0 Å². The van der Waals surface area contributed by atoms with Crippen LogP contribution in [-0.2, 0) is 6.61 Å². The zero-order valence-corrected chi connectivity index (χ0v) is 8.34. The maximum atomic E-state index is 5.48. The Morgan fingerprint density at radius 2 is 2.20 bits per heavy atom. The van der Waals surface area contributed by atoms with Crippen LogP contribution in [0, 0.1) is 0 Å². The van der Waals surface area contributed by atoms with Crippen LogP contribution in [0.5, 0.6) is 11.5 Å². The number of aromatic nitrogens is 1. The standard InChI is InChI=1S/C11H11NO3/c1-13-9-3-2-4-10(5-9)14-7-11-6-12-8-15-11/h2-6,8H,7H2,1H3. The van der Waals surface area contributed by atoms with E-state index < -0.39 is 0 Å². The van der Waals surface area contributed by atoms with Crippen molar-refractivity contribution in [2.75, 3.05) is 7.11 Å². The van der Waals surface area contributed by atoms with Gasteiger partial charge >= 0.3 is 0 Å². The van der Waals surface area contributed by atoms with E-state index in [4.69, 9.17) is 13.9 Å². The van der Waals surface area contributed by atoms with E-state index in [1.54, 1.807) is 13.3 Å². The van der Waals surface area contributed by atoms with Crippen molar-refractivity contribution in [1.82, 2.24) is 4.98 Å². The minimum absolute atomic E-state index is 0.368. The van der Waals surface area contributed by atoms with Gasteiger partial charge in [-0.15, -0.1) is 0 Å². The Labute approximate surface area is 87.5 Å². The first-order valence-electron chi connectivity index (χ1n) is 4.52. The second-order valence-corrected chi connectivity index (χ2v) is 2.94. The molecule has 0 unspecified atom stereocenters. The van der Waals surface area contributed by atoms with E-state index in [0.29, 0.717) is 12.4 Å². The van der Waals surface area contributed by atoms with Gasteiger partial charge in [0.25, 0.3) is 0 Å². The maximum Gasteiger partial charge on any atom is 0.181 e. The van der Waals surface area contributed by atoms with E-state index in [1.165, 1.54) is 6.39 Å². The predicted molar refractivity (Wildman–Crippen MR) is 53.8 cm³/mol. The van der Waals surface area contributed by atoms with E-state index in [9.17, 15) is 0 Å². The summed E-state index contributed by atoms with van der Waals surface area (Å²) in [6.07, 6.45) is 3.00. The van der Waals surface area contributed by atoms with Crippen molar-refractivity contribution in [3.05, 3.63) is 42.6 Å². The van der Waals surface area contributed by atoms with Gasteiger partial charge in [-0.05, 0) is 12.1 Å². The molecule has 2 rings (SSSR count). The Morgan fingerprint density at radius 1 is 1.33 bits per heavy atom. The second kappa shape index (κ2) is 4.50. The average Bonchev–Trinajstić information content (AvgIpc) is 2.79. The van der Waals surface area contributed by atoms with Gasteiger partial charge in [-0.2, -0.15) is 0 Å². The summed E-state index contributed by atoms with van der Waals surface area (Å²) < 4.78 is 15.6. The number of hydrogen-bond donors (Lipinski definition) is 0. The van der Waals surface area contributed by atoms with E-state index >= 15 is 0 Å². The van der Waals surface area contributed by atoms with Gasteiger partial charge in [-0.25, -0.2) is 4.98 Å². The van der Waals surface area contributed by atoms with Crippen molar-refractivity contribution in [3.63, 3.8) is 0 Å². The highest BCUT2D eigenvalue weighted by Gasteiger charge is 1.99. The van der Waals surface area contributed by atoms with Crippen molar-refractivity contribution < 1.29 is 13.9 Å². The number of oxazole rings is 1. The molecule has 1 aromatic heterocycles. The Kier molecular flexibility index (Phi) is 2.88. The van der Waals surface area contributed by atoms with Gasteiger partial charge in [-0.3, -0.25) is 0 Å². The lowest BCUT2D eigenvalue weighted by atomic mass is 10.3. The molecular weight excluding hydrogens is 194 g/mol. The highest BCUT2D eigenvalue weighted by Crippen LogP contribution is 2.19. The minimum atomic E-state index is 0.368. The molecule has 0 saturated carbocycles. The molecule has 15 heavy (non-hydrogen) atoms. The zero-order chi connectivity index (χ0) is 10.5. The molecule has 0 spiro atoms. The third kappa shape index (κ3) is 2.49. The van der Waals surface area contributed by atoms with Crippen molar-refractivity contribution in [2.24, 2.45) is 0 Å². The Morgan fingerprint density at radius 3 is 2.93 bits per heavy atom. The summed E-state index contributed by atoms with van der Waals surface area (Å²) in [4.78, 5) is 3.80. The topological polar surface area (TPSA) is 44.5 Å². The Hall–Kier alpha value is -1.97. The van der Waals surface area contributed by atoms with Gasteiger partial charge in [-0.1, -0.05) is 6.07 Å². The molecule has 2 aromatic rings. The Balaban J connectivity index is 1.98. The van der Waals surface area contributed by atoms with Crippen LogP contribution in [0.15, 0.2) is 41.3 Å². The molecule has 0 amide bonds. The molecule has 0 aliphatic rings. The number of hydrogen-bond acceptors (Lipinski definition) is 4. The summed E-state index contributed by atoms with van der Waals surface area (Å²) in [5.41, 5.74) is 0. The normalized spacial score (nSPS) is 9.93. The molecular formula is C11H11NO3. The number of benzene rings is 1. The molecule has 4 heteroatoms. The summed E-state index contributed by atoms with van der Waals surface area (Å²) >= 11 is 0. The molecule has 0 saturated heterocycles. The molecule has 0 fully saturated rings. The van der Waals surface area contributed by atoms with Crippen LogP contribution in [0.25, 0.3) is 0 Å². The second-order valence-electron chi connectivity index (χ2n) is 2.94. The highest BCUT2D eigenvalue weighted by molar-refractivity contribution is 5.32. The zero-order valence-electron chi connectivity index (χ0n) is 8.34. The van der Waals surface area contributed by atoms with Crippen LogP contribution in [0.1, 0.15) is 5.76 Å². The smallest absolute Gasteiger partial charge is 0.181 e. The van der Waals surface area contributed by atoms with Gasteiger partial charge in [0.05, 0.1) is 13.3 Å². The first kappa shape index (κ1) is 9.58. The maximum absolute atomic E-state index is 5.48. The molecule has 0 aliphatic carbocycles. The first-order chi connectivity index (χ1) is 7.38. The van der Waals surface area contributed by atoms with E-state index in [1.807, 2.05) is 24.3 Å². The molecule has 0 bridgehead atoms. The van der Waals surface area contributed by atoms with E-state index in [0.717, 1.165) is 11.5 Å². The summed E-state index contributed by atoms with van der Waals surface area (Å²) in [5, 5.41) is 0. The lowest BCUT2D eigenvalue weighted by Crippen LogP contribution is -1.94. The first-order valence-corrected chi connectivity index (χ1v) is 4.52. The molecule has 4 nitrogen and oxygen atoms in total. The molecule has 0 N–H and O–H groups in total. The molecule has 1 aromatic carbocycles. The van der Waals surface area contributed by atoms with Gasteiger partial charge in [0.2, 0.25) is 0 Å². The van der Waals surface area contributed by atoms with Crippen LogP contribution < -0.4 is 9.47 Å². The number of ether oxygens (including phenoxy) is 2. The fraction of sp³-hybridized carbons (Fsp3) is 0.182. The third-order valence-electron chi connectivity index (χ3n) is 1.91. The number of rotatable bonds is 4. The molecule has 1 heterocycles. The number of nitrogens with zero attached hydrogens (tertiary/aromatic N) is 1. The van der Waals surface area contributed by atoms with Crippen LogP contribution in [-0.4, -0.2) is 12.1 Å². The quantitative estimate of drug-likeness (QED) is 0.768.